The van der Waals surface area contributed by atoms with Crippen molar-refractivity contribution in [3.05, 3.63) is 34.9 Å². The van der Waals surface area contributed by atoms with E-state index in [1.165, 1.54) is 44.9 Å². The maximum absolute atomic E-state index is 12.6. The molecule has 1 fully saturated rings. The third-order valence-electron chi connectivity index (χ3n) is 6.26. The molecule has 0 spiro atoms. The average Bonchev–Trinajstić information content (AvgIpc) is 2.72. The Morgan fingerprint density at radius 1 is 1.38 bits per heavy atom. The van der Waals surface area contributed by atoms with Crippen molar-refractivity contribution in [1.29, 1.82) is 0 Å². The van der Waals surface area contributed by atoms with Gasteiger partial charge in [-0.05, 0) is 25.3 Å². The number of aliphatic hydroxyl groups is 2. The quantitative estimate of drug-likeness (QED) is 0.188. The molecule has 0 aromatic rings. The van der Waals surface area contributed by atoms with E-state index in [9.17, 15) is 19.8 Å². The van der Waals surface area contributed by atoms with Gasteiger partial charge in [0.15, 0.2) is 10.7 Å². The molecule has 8 heteroatoms. The Kier molecular flexibility index (Phi) is 9.56. The Morgan fingerprint density at radius 3 is 2.69 bits per heavy atom. The summed E-state index contributed by atoms with van der Waals surface area (Å²) in [6.45, 7) is 6.27. The van der Waals surface area contributed by atoms with E-state index in [-0.39, 0.29) is 11.5 Å². The molecule has 2 rings (SSSR count). The molecule has 2 aliphatic carbocycles. The summed E-state index contributed by atoms with van der Waals surface area (Å²) in [5, 5.41) is 24.3. The number of unbranched alkanes of at least 4 members (excludes halogenated alkanes) is 3. The second-order valence-corrected chi connectivity index (χ2v) is 10.1. The molecule has 1 amide bonds. The van der Waals surface area contributed by atoms with Crippen LogP contribution >= 0.6 is 23.2 Å². The minimum absolute atomic E-state index is 0.103. The number of fused-ring (bicyclic) bond motifs is 2. The number of rotatable bonds is 10. The van der Waals surface area contributed by atoms with Gasteiger partial charge in [0, 0.05) is 19.6 Å². The van der Waals surface area contributed by atoms with Gasteiger partial charge < -0.3 is 20.3 Å². The van der Waals surface area contributed by atoms with Gasteiger partial charge in [-0.2, -0.15) is 0 Å². The third-order valence-corrected chi connectivity index (χ3v) is 7.13. The Hall–Kier alpha value is -1.18. The van der Waals surface area contributed by atoms with E-state index in [0.29, 0.717) is 5.92 Å². The monoisotopic (exact) mass is 487 g/mol. The largest absolute Gasteiger partial charge is 0.389 e. The van der Waals surface area contributed by atoms with Gasteiger partial charge in [-0.25, -0.2) is 0 Å². The van der Waals surface area contributed by atoms with Crippen LogP contribution in [0.1, 0.15) is 59.3 Å². The predicted octanol–water partition coefficient (Wildman–Crippen LogP) is 3.77. The van der Waals surface area contributed by atoms with Crippen molar-refractivity contribution in [3.8, 4) is 0 Å². The van der Waals surface area contributed by atoms with Crippen LogP contribution in [-0.2, 0) is 14.3 Å². The molecule has 6 nitrogen and oxygen atoms in total. The SMILES string of the molecule is CCCCCC[C@@H](C)/C=C(C)/C=C/C(=O)N[C@H]1C[C@]2(O)C=C(Cl)C(=O)[C@](Cl)([C@@H]1O)[C@H]2OC. The van der Waals surface area contributed by atoms with Crippen molar-refractivity contribution in [2.45, 2.75) is 88.0 Å². The van der Waals surface area contributed by atoms with Crippen molar-refractivity contribution in [1.82, 2.24) is 5.32 Å². The number of ether oxygens (including phenoxy) is 1. The molecule has 32 heavy (non-hydrogen) atoms. The van der Waals surface area contributed by atoms with Crippen molar-refractivity contribution in [2.24, 2.45) is 5.92 Å². The topological polar surface area (TPSA) is 95.9 Å². The number of halogens is 2. The molecule has 0 aliphatic heterocycles. The number of carbonyl (C=O) groups is 2. The summed E-state index contributed by atoms with van der Waals surface area (Å²) < 4.78 is 5.26. The van der Waals surface area contributed by atoms with Gasteiger partial charge in [0.05, 0.1) is 11.1 Å². The Bertz CT molecular complexity index is 795. The second-order valence-electron chi connectivity index (χ2n) is 9.03. The number of hydrogen-bond donors (Lipinski definition) is 3. The molecule has 0 aromatic carbocycles. The summed E-state index contributed by atoms with van der Waals surface area (Å²) in [7, 11) is 1.29. The molecule has 0 radical (unpaired) electrons. The predicted molar refractivity (Wildman–Crippen MR) is 127 cm³/mol. The minimum Gasteiger partial charge on any atom is -0.389 e. The highest BCUT2D eigenvalue weighted by Crippen LogP contribution is 2.48. The molecule has 180 valence electrons. The zero-order valence-electron chi connectivity index (χ0n) is 19.2. The lowest BCUT2D eigenvalue weighted by atomic mass is 9.65. The first-order valence-electron chi connectivity index (χ1n) is 11.2. The van der Waals surface area contributed by atoms with Crippen LogP contribution in [0.25, 0.3) is 0 Å². The Labute approximate surface area is 200 Å². The fourth-order valence-electron chi connectivity index (χ4n) is 4.66. The van der Waals surface area contributed by atoms with Crippen molar-refractivity contribution in [3.63, 3.8) is 0 Å². The van der Waals surface area contributed by atoms with Gasteiger partial charge >= 0.3 is 0 Å². The number of amides is 1. The van der Waals surface area contributed by atoms with E-state index in [4.69, 9.17) is 27.9 Å². The maximum Gasteiger partial charge on any atom is 0.244 e. The van der Waals surface area contributed by atoms with Gasteiger partial charge in [0.1, 0.15) is 17.8 Å². The van der Waals surface area contributed by atoms with E-state index in [2.05, 4.69) is 25.2 Å². The standard InChI is InChI=1S/C24H35Cl2NO5/c1-5-6-7-8-9-15(2)12-16(3)10-11-19(28)27-18-14-23(31)13-17(25)20(29)24(26,21(18)30)22(23)32-4/h10-13,15,18,21-22,30-31H,5-9,14H2,1-4H3,(H,27,28)/b11-10+,16-12+/t15-,18+,21-,22+,23-,24+/m1/s1. The highest BCUT2D eigenvalue weighted by Gasteiger charge is 2.67. The van der Waals surface area contributed by atoms with E-state index < -0.39 is 40.4 Å². The zero-order chi connectivity index (χ0) is 24.1. The summed E-state index contributed by atoms with van der Waals surface area (Å²) in [6.07, 6.45) is 9.57. The lowest BCUT2D eigenvalue weighted by Gasteiger charge is -2.53. The fourth-order valence-corrected chi connectivity index (χ4v) is 5.59. The van der Waals surface area contributed by atoms with Crippen LogP contribution in [0, 0.1) is 5.92 Å². The smallest absolute Gasteiger partial charge is 0.244 e. The first-order valence-corrected chi connectivity index (χ1v) is 12.0. The average molecular weight is 488 g/mol. The van der Waals surface area contributed by atoms with Crippen molar-refractivity contribution in [2.75, 3.05) is 7.11 Å². The van der Waals surface area contributed by atoms with Gasteiger partial charge in [-0.15, -0.1) is 11.6 Å². The molecule has 1 saturated carbocycles. The summed E-state index contributed by atoms with van der Waals surface area (Å²) >= 11 is 12.5. The molecule has 3 N–H and O–H groups in total. The molecule has 0 unspecified atom stereocenters. The summed E-state index contributed by atoms with van der Waals surface area (Å²) in [5.74, 6) is -0.790. The first kappa shape index (κ1) is 27.1. The third kappa shape index (κ3) is 5.84. The maximum atomic E-state index is 12.6. The van der Waals surface area contributed by atoms with E-state index in [0.717, 1.165) is 12.0 Å². The number of nitrogens with one attached hydrogen (secondary N) is 1. The number of hydrogen-bond acceptors (Lipinski definition) is 5. The van der Waals surface area contributed by atoms with Crippen LogP contribution in [0.15, 0.2) is 34.9 Å². The van der Waals surface area contributed by atoms with Gasteiger partial charge in [-0.1, -0.05) is 68.9 Å². The lowest BCUT2D eigenvalue weighted by Crippen LogP contribution is -2.74. The molecule has 0 saturated heterocycles. The molecular formula is C24H35Cl2NO5. The molecule has 6 atom stereocenters. The van der Waals surface area contributed by atoms with Crippen LogP contribution in [-0.4, -0.2) is 57.7 Å². The number of Topliss-reactive ketones (excluding diaryl/α,β-unsaturated/α-hetero) is 1. The van der Waals surface area contributed by atoms with Crippen molar-refractivity contribution >= 4 is 34.9 Å². The van der Waals surface area contributed by atoms with Gasteiger partial charge in [0.25, 0.3) is 0 Å². The van der Waals surface area contributed by atoms with Crippen LogP contribution in [0.4, 0.5) is 0 Å². The molecule has 0 heterocycles. The second kappa shape index (κ2) is 11.3. The van der Waals surface area contributed by atoms with Crippen LogP contribution in [0.3, 0.4) is 0 Å². The first-order chi connectivity index (χ1) is 15.0. The van der Waals surface area contributed by atoms with Crippen LogP contribution in [0.5, 0.6) is 0 Å². The summed E-state index contributed by atoms with van der Waals surface area (Å²) in [4.78, 5) is 23.1. The minimum atomic E-state index is -2.00. The zero-order valence-corrected chi connectivity index (χ0v) is 20.7. The molecule has 0 aromatic heterocycles. The fraction of sp³-hybridized carbons (Fsp3) is 0.667. The normalized spacial score (nSPS) is 33.9. The number of alkyl halides is 1. The Balaban J connectivity index is 2.04. The number of carbonyl (C=O) groups excluding carboxylic acids is 2. The molecular weight excluding hydrogens is 453 g/mol. The summed E-state index contributed by atoms with van der Waals surface area (Å²) in [6, 6.07) is -0.965. The van der Waals surface area contributed by atoms with E-state index in [1.807, 2.05) is 6.92 Å². The van der Waals surface area contributed by atoms with Gasteiger partial charge in [-0.3, -0.25) is 9.59 Å². The number of methoxy groups -OCH3 is 1. The number of allylic oxidation sites excluding steroid dienone is 4. The number of ketones is 1. The number of aliphatic hydroxyl groups excluding tert-OH is 1. The van der Waals surface area contributed by atoms with Crippen LogP contribution < -0.4 is 5.32 Å². The summed E-state index contributed by atoms with van der Waals surface area (Å²) in [5.41, 5.74) is -0.744. The van der Waals surface area contributed by atoms with E-state index >= 15 is 0 Å². The Morgan fingerprint density at radius 2 is 2.06 bits per heavy atom. The van der Waals surface area contributed by atoms with E-state index in [1.54, 1.807) is 6.08 Å². The molecule has 2 aliphatic rings. The highest BCUT2D eigenvalue weighted by atomic mass is 35.5. The van der Waals surface area contributed by atoms with Crippen LogP contribution in [0.2, 0.25) is 0 Å². The lowest BCUT2D eigenvalue weighted by molar-refractivity contribution is -0.166. The molecule has 2 bridgehead atoms. The van der Waals surface area contributed by atoms with Crippen molar-refractivity contribution < 1.29 is 24.5 Å². The van der Waals surface area contributed by atoms with Gasteiger partial charge in [0.2, 0.25) is 5.91 Å². The highest BCUT2D eigenvalue weighted by molar-refractivity contribution is 6.51.